The van der Waals surface area contributed by atoms with E-state index in [-0.39, 0.29) is 55.8 Å². The minimum atomic E-state index is -1.17. The average molecular weight is 729 g/mol. The molecule has 0 radical (unpaired) electrons. The van der Waals surface area contributed by atoms with Crippen molar-refractivity contribution in [3.05, 3.63) is 0 Å². The second-order valence-electron chi connectivity index (χ2n) is 20.3. The highest BCUT2D eigenvalue weighted by atomic mass is 16.6. The van der Waals surface area contributed by atoms with E-state index in [9.17, 15) is 29.4 Å². The van der Waals surface area contributed by atoms with Gasteiger partial charge in [0.25, 0.3) is 0 Å². The molecule has 8 bridgehead atoms. The summed E-state index contributed by atoms with van der Waals surface area (Å²) in [5.41, 5.74) is -5.97. The van der Waals surface area contributed by atoms with E-state index in [2.05, 4.69) is 13.8 Å². The second kappa shape index (κ2) is 12.7. The normalized spacial score (nSPS) is 43.7. The Hall–Kier alpha value is -2.20. The molecular weight excluding hydrogens is 664 g/mol. The molecule has 2 N–H and O–H groups in total. The predicted octanol–water partition coefficient (Wildman–Crippen LogP) is 6.74. The van der Waals surface area contributed by atoms with Crippen LogP contribution in [0.5, 0.6) is 0 Å². The standard InChI is InChI=1S/C42H64O10/c1-8-30(34(45)51-37(6,9-2)39-15-26-11-27(16-39)13-28(12-26)17-39)14-31(10-25(3)33(44)50-38(7)21-32(43)49-36(38,4)5)35(46)52-42-20-29-18-40(47,23-42)22-41(48,19-29)24-42/h25-31,47-48H,8-24H2,1-7H3. The largest absolute Gasteiger partial charge is 0.459 e. The number of hydrogen-bond donors (Lipinski definition) is 2. The molecule has 52 heavy (non-hydrogen) atoms. The highest BCUT2D eigenvalue weighted by Crippen LogP contribution is 2.65. The summed E-state index contributed by atoms with van der Waals surface area (Å²) in [7, 11) is 0. The SMILES string of the molecule is CCC(CC(CC(C)C(=O)OC1(C)CC(=O)OC1(C)C)C(=O)OC12CC3CC(O)(CC(O)(C3)C1)C2)C(=O)OC(C)(CC)C12CC3CC(CC(C3)C1)C2. The zero-order valence-electron chi connectivity index (χ0n) is 32.7. The van der Waals surface area contributed by atoms with Gasteiger partial charge in [-0.25, -0.2) is 0 Å². The highest BCUT2D eigenvalue weighted by molar-refractivity contribution is 5.80. The van der Waals surface area contributed by atoms with Gasteiger partial charge in [0, 0.05) is 24.7 Å². The first-order valence-corrected chi connectivity index (χ1v) is 20.5. The van der Waals surface area contributed by atoms with E-state index in [1.165, 1.54) is 19.3 Å². The van der Waals surface area contributed by atoms with Gasteiger partial charge in [0.2, 0.25) is 0 Å². The van der Waals surface area contributed by atoms with Crippen molar-refractivity contribution in [3.63, 3.8) is 0 Å². The van der Waals surface area contributed by atoms with Crippen molar-refractivity contribution in [2.75, 3.05) is 0 Å². The van der Waals surface area contributed by atoms with Crippen molar-refractivity contribution < 1.29 is 48.3 Å². The zero-order chi connectivity index (χ0) is 37.7. The van der Waals surface area contributed by atoms with E-state index < -0.39 is 69.3 Å². The van der Waals surface area contributed by atoms with Crippen molar-refractivity contribution >= 4 is 23.9 Å². The third-order valence-corrected chi connectivity index (χ3v) is 15.7. The summed E-state index contributed by atoms with van der Waals surface area (Å²) in [4.78, 5) is 54.6. The van der Waals surface area contributed by atoms with E-state index in [1.54, 1.807) is 27.7 Å². The van der Waals surface area contributed by atoms with Gasteiger partial charge in [0.05, 0.1) is 35.4 Å². The van der Waals surface area contributed by atoms with Gasteiger partial charge in [-0.05, 0) is 135 Å². The molecule has 7 atom stereocenters. The fourth-order valence-corrected chi connectivity index (χ4v) is 13.3. The molecule has 10 heteroatoms. The van der Waals surface area contributed by atoms with Crippen molar-refractivity contribution in [1.82, 2.24) is 0 Å². The van der Waals surface area contributed by atoms with Crippen LogP contribution in [0.25, 0.3) is 0 Å². The molecule has 0 aromatic heterocycles. The van der Waals surface area contributed by atoms with Gasteiger partial charge in [0.15, 0.2) is 5.60 Å². The Kier molecular flexibility index (Phi) is 9.28. The molecule has 1 saturated heterocycles. The molecular formula is C42H64O10. The van der Waals surface area contributed by atoms with Crippen LogP contribution in [0.2, 0.25) is 0 Å². The summed E-state index contributed by atoms with van der Waals surface area (Å²) in [6.07, 6.45) is 11.1. The van der Waals surface area contributed by atoms with Gasteiger partial charge in [-0.3, -0.25) is 19.2 Å². The molecule has 10 nitrogen and oxygen atoms in total. The second-order valence-corrected chi connectivity index (χ2v) is 20.3. The summed E-state index contributed by atoms with van der Waals surface area (Å²) in [6, 6.07) is 0. The number of cyclic esters (lactones) is 1. The smallest absolute Gasteiger partial charge is 0.310 e. The summed E-state index contributed by atoms with van der Waals surface area (Å²) in [5, 5.41) is 22.8. The lowest BCUT2D eigenvalue weighted by atomic mass is 9.45. The molecule has 9 fully saturated rings. The lowest BCUT2D eigenvalue weighted by molar-refractivity contribution is -0.263. The van der Waals surface area contributed by atoms with Crippen molar-refractivity contribution in [2.45, 2.75) is 191 Å². The van der Waals surface area contributed by atoms with Crippen LogP contribution in [0.1, 0.15) is 158 Å². The number of hydrogen-bond acceptors (Lipinski definition) is 10. The van der Waals surface area contributed by atoms with Gasteiger partial charge in [-0.15, -0.1) is 0 Å². The van der Waals surface area contributed by atoms with Crippen molar-refractivity contribution in [3.8, 4) is 0 Å². The molecule has 8 aliphatic carbocycles. The Morgan fingerprint density at radius 2 is 1.37 bits per heavy atom. The Labute approximate surface area is 309 Å². The topological polar surface area (TPSA) is 146 Å². The maximum Gasteiger partial charge on any atom is 0.310 e. The summed E-state index contributed by atoms with van der Waals surface area (Å²) < 4.78 is 24.5. The van der Waals surface area contributed by atoms with Crippen LogP contribution >= 0.6 is 0 Å². The lowest BCUT2D eigenvalue weighted by Gasteiger charge is -2.62. The van der Waals surface area contributed by atoms with Crippen LogP contribution in [-0.4, -0.2) is 67.7 Å². The molecule has 0 spiro atoms. The molecule has 0 aromatic rings. The van der Waals surface area contributed by atoms with E-state index in [4.69, 9.17) is 18.9 Å². The van der Waals surface area contributed by atoms with E-state index >= 15 is 0 Å². The minimum Gasteiger partial charge on any atom is -0.459 e. The molecule has 0 amide bonds. The molecule has 9 rings (SSSR count). The van der Waals surface area contributed by atoms with Crippen molar-refractivity contribution in [2.24, 2.45) is 46.8 Å². The maximum atomic E-state index is 14.4. The molecule has 1 aliphatic heterocycles. The first-order valence-electron chi connectivity index (χ1n) is 20.5. The zero-order valence-corrected chi connectivity index (χ0v) is 32.7. The van der Waals surface area contributed by atoms with Gasteiger partial charge in [-0.2, -0.15) is 0 Å². The quantitative estimate of drug-likeness (QED) is 0.154. The van der Waals surface area contributed by atoms with Gasteiger partial charge in [-0.1, -0.05) is 20.8 Å². The Morgan fingerprint density at radius 3 is 1.85 bits per heavy atom. The Balaban J connectivity index is 1.10. The van der Waals surface area contributed by atoms with E-state index in [0.29, 0.717) is 43.4 Å². The molecule has 8 saturated carbocycles. The van der Waals surface area contributed by atoms with Gasteiger partial charge in [0.1, 0.15) is 16.8 Å². The minimum absolute atomic E-state index is 0.0186. The first kappa shape index (κ1) is 38.1. The van der Waals surface area contributed by atoms with Crippen LogP contribution < -0.4 is 0 Å². The molecule has 0 aromatic carbocycles. The third-order valence-electron chi connectivity index (χ3n) is 15.7. The Morgan fingerprint density at radius 1 is 0.788 bits per heavy atom. The summed E-state index contributed by atoms with van der Waals surface area (Å²) in [5.74, 6) is -1.83. The van der Waals surface area contributed by atoms with Crippen LogP contribution in [0.4, 0.5) is 0 Å². The average Bonchev–Trinajstić information content (AvgIpc) is 3.20. The third kappa shape index (κ3) is 6.62. The fourth-order valence-electron chi connectivity index (χ4n) is 13.3. The van der Waals surface area contributed by atoms with Gasteiger partial charge < -0.3 is 29.2 Å². The van der Waals surface area contributed by atoms with Crippen LogP contribution in [0, 0.1) is 46.8 Å². The summed E-state index contributed by atoms with van der Waals surface area (Å²) >= 11 is 0. The number of ether oxygens (including phenoxy) is 4. The number of carbonyl (C=O) groups excluding carboxylic acids is 4. The monoisotopic (exact) mass is 728 g/mol. The molecule has 292 valence electrons. The predicted molar refractivity (Wildman–Crippen MR) is 190 cm³/mol. The van der Waals surface area contributed by atoms with Gasteiger partial charge >= 0.3 is 23.9 Å². The molecule has 7 unspecified atom stereocenters. The van der Waals surface area contributed by atoms with Crippen LogP contribution in [-0.2, 0) is 38.1 Å². The van der Waals surface area contributed by atoms with Crippen molar-refractivity contribution in [1.29, 1.82) is 0 Å². The first-order chi connectivity index (χ1) is 24.1. The number of rotatable bonds is 13. The number of aliphatic hydroxyl groups is 2. The van der Waals surface area contributed by atoms with Crippen LogP contribution in [0.3, 0.4) is 0 Å². The van der Waals surface area contributed by atoms with Crippen LogP contribution in [0.15, 0.2) is 0 Å². The molecule has 9 aliphatic rings. The molecule has 1 heterocycles. The Bertz CT molecular complexity index is 1410. The maximum absolute atomic E-state index is 14.4. The van der Waals surface area contributed by atoms with E-state index in [0.717, 1.165) is 25.7 Å². The number of esters is 4. The fraction of sp³-hybridized carbons (Fsp3) is 0.905. The highest BCUT2D eigenvalue weighted by Gasteiger charge is 2.65. The van der Waals surface area contributed by atoms with E-state index in [1.807, 2.05) is 6.92 Å². The summed E-state index contributed by atoms with van der Waals surface area (Å²) in [6.45, 7) is 13.0. The lowest BCUT2D eigenvalue weighted by Crippen LogP contribution is -2.67. The number of carbonyl (C=O) groups is 4.